The Balaban J connectivity index is 0.000000527. The molecule has 2 aromatic carbocycles. The van der Waals surface area contributed by atoms with Crippen LogP contribution in [-0.4, -0.2) is 47.7 Å². The van der Waals surface area contributed by atoms with Crippen molar-refractivity contribution in [2.24, 2.45) is 0 Å². The minimum atomic E-state index is -1.82. The molecule has 7 heteroatoms. The molecule has 0 aliphatic heterocycles. The fourth-order valence-corrected chi connectivity index (χ4v) is 2.31. The summed E-state index contributed by atoms with van der Waals surface area (Å²) in [6.45, 7) is 3.04. The van der Waals surface area contributed by atoms with E-state index >= 15 is 0 Å². The van der Waals surface area contributed by atoms with E-state index in [0.29, 0.717) is 0 Å². The predicted octanol–water partition coefficient (Wildman–Crippen LogP) is 3.88. The molecule has 0 saturated carbocycles. The maximum atomic E-state index is 9.10. The van der Waals surface area contributed by atoms with Crippen molar-refractivity contribution in [1.82, 2.24) is 4.90 Å². The van der Waals surface area contributed by atoms with Crippen LogP contribution in [0.25, 0.3) is 0 Å². The van der Waals surface area contributed by atoms with E-state index in [1.165, 1.54) is 0 Å². The second-order valence-corrected chi connectivity index (χ2v) is 6.56. The highest BCUT2D eigenvalue weighted by Gasteiger charge is 2.15. The molecule has 0 aliphatic carbocycles. The fourth-order valence-electron chi connectivity index (χ4n) is 2.19. The van der Waals surface area contributed by atoms with Gasteiger partial charge in [0.2, 0.25) is 0 Å². The third kappa shape index (κ3) is 8.57. The van der Waals surface area contributed by atoms with Gasteiger partial charge in [-0.3, -0.25) is 0 Å². The fraction of sp³-hybridized carbons (Fsp3) is 0.300. The number of hydrogen-bond acceptors (Lipinski definition) is 4. The molecule has 146 valence electrons. The van der Waals surface area contributed by atoms with Gasteiger partial charge in [0, 0.05) is 18.0 Å². The van der Waals surface area contributed by atoms with Gasteiger partial charge in [-0.2, -0.15) is 0 Å². The molecule has 0 heterocycles. The van der Waals surface area contributed by atoms with Crippen molar-refractivity contribution in [2.75, 3.05) is 20.6 Å². The highest BCUT2D eigenvalue weighted by atomic mass is 35.5. The molecule has 1 atom stereocenters. The Morgan fingerprint density at radius 3 is 2.07 bits per heavy atom. The Bertz CT molecular complexity index is 734. The molecule has 0 aliphatic rings. The van der Waals surface area contributed by atoms with Crippen molar-refractivity contribution in [3.8, 4) is 5.75 Å². The van der Waals surface area contributed by atoms with Crippen molar-refractivity contribution in [1.29, 1.82) is 0 Å². The Morgan fingerprint density at radius 2 is 1.59 bits per heavy atom. The normalized spacial score (nSPS) is 11.3. The van der Waals surface area contributed by atoms with Crippen molar-refractivity contribution in [3.05, 3.63) is 64.7 Å². The number of aliphatic carboxylic acids is 2. The molecule has 2 aromatic rings. The first-order valence-corrected chi connectivity index (χ1v) is 8.67. The first-order valence-electron chi connectivity index (χ1n) is 8.29. The van der Waals surface area contributed by atoms with Crippen molar-refractivity contribution in [2.45, 2.75) is 19.4 Å². The standard InChI is InChI=1S/C18H22ClNO.C2H2O4/c1-14-6-4-5-7-17(14)21-18(12-13-20(2)3)15-8-10-16(19)11-9-15;3-1(4)2(5)6/h4-11,18H,12-13H2,1-3H3;(H,3,4)(H,5,6). The number of hydrogen-bond donors (Lipinski definition) is 2. The number of para-hydroxylation sites is 1. The Kier molecular flexibility index (Phi) is 9.33. The molecule has 2 rings (SSSR count). The number of carbonyl (C=O) groups is 2. The number of carboxylic acids is 2. The Hall–Kier alpha value is -2.57. The molecule has 0 fully saturated rings. The van der Waals surface area contributed by atoms with E-state index in [-0.39, 0.29) is 6.10 Å². The Morgan fingerprint density at radius 1 is 1.04 bits per heavy atom. The Labute approximate surface area is 164 Å². The van der Waals surface area contributed by atoms with Crippen LogP contribution >= 0.6 is 11.6 Å². The summed E-state index contributed by atoms with van der Waals surface area (Å²) < 4.78 is 6.25. The topological polar surface area (TPSA) is 87.1 Å². The minimum absolute atomic E-state index is 0.0331. The van der Waals surface area contributed by atoms with Crippen LogP contribution in [0.2, 0.25) is 5.02 Å². The molecule has 2 N–H and O–H groups in total. The average Bonchev–Trinajstić information content (AvgIpc) is 2.61. The van der Waals surface area contributed by atoms with Gasteiger partial charge in [0.15, 0.2) is 0 Å². The lowest BCUT2D eigenvalue weighted by atomic mass is 10.1. The van der Waals surface area contributed by atoms with Crippen LogP contribution in [0.3, 0.4) is 0 Å². The van der Waals surface area contributed by atoms with Gasteiger partial charge in [-0.1, -0.05) is 41.9 Å². The molecule has 1 unspecified atom stereocenters. The third-order valence-corrected chi connectivity index (χ3v) is 3.88. The molecular weight excluding hydrogens is 370 g/mol. The number of rotatable bonds is 6. The van der Waals surface area contributed by atoms with Crippen molar-refractivity contribution in [3.63, 3.8) is 0 Å². The lowest BCUT2D eigenvalue weighted by molar-refractivity contribution is -0.159. The number of benzene rings is 2. The van der Waals surface area contributed by atoms with Crippen LogP contribution < -0.4 is 4.74 Å². The minimum Gasteiger partial charge on any atom is -0.485 e. The number of carboxylic acid groups (broad SMARTS) is 2. The van der Waals surface area contributed by atoms with Gasteiger partial charge >= 0.3 is 11.9 Å². The maximum absolute atomic E-state index is 9.10. The molecule has 0 amide bonds. The summed E-state index contributed by atoms with van der Waals surface area (Å²) in [6.07, 6.45) is 0.967. The number of ether oxygens (including phenoxy) is 1. The number of halogens is 1. The van der Waals surface area contributed by atoms with Gasteiger partial charge in [-0.05, 0) is 50.3 Å². The maximum Gasteiger partial charge on any atom is 0.414 e. The first kappa shape index (κ1) is 22.5. The predicted molar refractivity (Wildman–Crippen MR) is 104 cm³/mol. The average molecular weight is 394 g/mol. The zero-order valence-electron chi connectivity index (χ0n) is 15.6. The van der Waals surface area contributed by atoms with Crippen LogP contribution in [0.15, 0.2) is 48.5 Å². The molecule has 27 heavy (non-hydrogen) atoms. The lowest BCUT2D eigenvalue weighted by Crippen LogP contribution is -2.19. The van der Waals surface area contributed by atoms with Gasteiger partial charge in [-0.15, -0.1) is 0 Å². The van der Waals surface area contributed by atoms with Crippen LogP contribution in [0.4, 0.5) is 0 Å². The van der Waals surface area contributed by atoms with E-state index in [0.717, 1.165) is 34.9 Å². The largest absolute Gasteiger partial charge is 0.485 e. The van der Waals surface area contributed by atoms with E-state index in [2.05, 4.69) is 32.0 Å². The van der Waals surface area contributed by atoms with E-state index in [1.807, 2.05) is 42.5 Å². The van der Waals surface area contributed by atoms with E-state index in [1.54, 1.807) is 0 Å². The zero-order valence-corrected chi connectivity index (χ0v) is 16.3. The highest BCUT2D eigenvalue weighted by Crippen LogP contribution is 2.28. The first-order chi connectivity index (χ1) is 12.7. The second-order valence-electron chi connectivity index (χ2n) is 6.13. The van der Waals surface area contributed by atoms with Gasteiger partial charge in [0.25, 0.3) is 0 Å². The van der Waals surface area contributed by atoms with Crippen molar-refractivity contribution >= 4 is 23.5 Å². The van der Waals surface area contributed by atoms with E-state index in [4.69, 9.17) is 36.1 Å². The number of nitrogens with zero attached hydrogens (tertiary/aromatic N) is 1. The van der Waals surface area contributed by atoms with Crippen LogP contribution in [0.1, 0.15) is 23.7 Å². The molecule has 0 bridgehead atoms. The molecule has 0 radical (unpaired) electrons. The smallest absolute Gasteiger partial charge is 0.414 e. The van der Waals surface area contributed by atoms with Crippen LogP contribution in [0, 0.1) is 6.92 Å². The monoisotopic (exact) mass is 393 g/mol. The highest BCUT2D eigenvalue weighted by molar-refractivity contribution is 6.30. The summed E-state index contributed by atoms with van der Waals surface area (Å²) in [5, 5.41) is 15.5. The summed E-state index contributed by atoms with van der Waals surface area (Å²) >= 11 is 5.98. The molecule has 6 nitrogen and oxygen atoms in total. The van der Waals surface area contributed by atoms with Gasteiger partial charge < -0.3 is 19.8 Å². The van der Waals surface area contributed by atoms with Crippen LogP contribution in [-0.2, 0) is 9.59 Å². The summed E-state index contributed by atoms with van der Waals surface area (Å²) in [5.74, 6) is -2.71. The number of aryl methyl sites for hydroxylation is 1. The van der Waals surface area contributed by atoms with Gasteiger partial charge in [-0.25, -0.2) is 9.59 Å². The van der Waals surface area contributed by atoms with Gasteiger partial charge in [0.05, 0.1) is 0 Å². The zero-order chi connectivity index (χ0) is 20.4. The quantitative estimate of drug-likeness (QED) is 0.724. The summed E-state index contributed by atoms with van der Waals surface area (Å²) in [7, 11) is 4.15. The molecule has 0 aromatic heterocycles. The molecule has 0 spiro atoms. The van der Waals surface area contributed by atoms with Crippen molar-refractivity contribution < 1.29 is 24.5 Å². The lowest BCUT2D eigenvalue weighted by Gasteiger charge is -2.22. The SMILES string of the molecule is Cc1ccccc1OC(CCN(C)C)c1ccc(Cl)cc1.O=C(O)C(=O)O. The van der Waals surface area contributed by atoms with Crippen LogP contribution in [0.5, 0.6) is 5.75 Å². The molecular formula is C20H24ClNO5. The summed E-state index contributed by atoms with van der Waals surface area (Å²) in [5.41, 5.74) is 2.31. The second kappa shape index (κ2) is 11.2. The summed E-state index contributed by atoms with van der Waals surface area (Å²) in [4.78, 5) is 20.4. The van der Waals surface area contributed by atoms with E-state index < -0.39 is 11.9 Å². The van der Waals surface area contributed by atoms with Gasteiger partial charge in [0.1, 0.15) is 11.9 Å². The van der Waals surface area contributed by atoms with E-state index in [9.17, 15) is 0 Å². The summed E-state index contributed by atoms with van der Waals surface area (Å²) in [6, 6.07) is 16.0. The third-order valence-electron chi connectivity index (χ3n) is 3.63. The molecule has 0 saturated heterocycles.